The molecule has 4 heteroatoms. The smallest absolute Gasteiger partial charge is 0.318 e. The summed E-state index contributed by atoms with van der Waals surface area (Å²) in [7, 11) is 1.65. The third-order valence-corrected chi connectivity index (χ3v) is 4.28. The van der Waals surface area contributed by atoms with Crippen molar-refractivity contribution in [2.45, 2.75) is 5.54 Å². The average molecular weight is 313 g/mol. The van der Waals surface area contributed by atoms with Crippen LogP contribution in [0.2, 0.25) is 5.02 Å². The summed E-state index contributed by atoms with van der Waals surface area (Å²) < 4.78 is 0. The number of rotatable bonds is 2. The van der Waals surface area contributed by atoms with Crippen LogP contribution in [-0.4, -0.2) is 24.5 Å². The van der Waals surface area contributed by atoms with Crippen molar-refractivity contribution in [3.63, 3.8) is 0 Å². The van der Waals surface area contributed by atoms with Gasteiger partial charge in [0.15, 0.2) is 0 Å². The highest BCUT2D eigenvalue weighted by atomic mass is 35.5. The van der Waals surface area contributed by atoms with E-state index in [0.29, 0.717) is 11.6 Å². The molecule has 22 heavy (non-hydrogen) atoms. The fourth-order valence-corrected chi connectivity index (χ4v) is 3.13. The second kappa shape index (κ2) is 5.85. The van der Waals surface area contributed by atoms with E-state index in [1.165, 1.54) is 0 Å². The molecule has 1 atom stereocenters. The predicted octanol–water partition coefficient (Wildman–Crippen LogP) is 3.79. The Hall–Kier alpha value is -2.26. The Kier molecular flexibility index (Phi) is 3.90. The summed E-state index contributed by atoms with van der Waals surface area (Å²) in [5.74, 6) is 0. The van der Waals surface area contributed by atoms with Crippen molar-refractivity contribution in [3.05, 3.63) is 82.9 Å². The minimum atomic E-state index is -0.605. The van der Waals surface area contributed by atoms with Crippen LogP contribution >= 0.6 is 11.6 Å². The van der Waals surface area contributed by atoms with Gasteiger partial charge in [0.25, 0.3) is 0 Å². The Balaban J connectivity index is 2.20. The van der Waals surface area contributed by atoms with Gasteiger partial charge in [-0.2, -0.15) is 0 Å². The second-order valence-corrected chi connectivity index (χ2v) is 5.64. The summed E-state index contributed by atoms with van der Waals surface area (Å²) in [6.07, 6.45) is 4.11. The number of urea groups is 1. The first-order valence-electron chi connectivity index (χ1n) is 7.17. The molecule has 2 amide bonds. The monoisotopic (exact) mass is 312 g/mol. The Morgan fingerprint density at radius 2 is 1.73 bits per heavy atom. The number of carbonyl (C=O) groups is 1. The molecule has 0 aliphatic carbocycles. The normalized spacial score (nSPS) is 20.2. The van der Waals surface area contributed by atoms with Gasteiger partial charge in [-0.25, -0.2) is 4.79 Å². The van der Waals surface area contributed by atoms with E-state index < -0.39 is 5.54 Å². The lowest BCUT2D eigenvalue weighted by Crippen LogP contribution is -2.49. The molecule has 2 aromatic rings. The molecule has 0 bridgehead atoms. The molecule has 0 saturated carbocycles. The maximum atomic E-state index is 12.4. The van der Waals surface area contributed by atoms with Gasteiger partial charge in [-0.05, 0) is 23.3 Å². The first-order chi connectivity index (χ1) is 10.7. The van der Waals surface area contributed by atoms with Gasteiger partial charge in [0, 0.05) is 18.6 Å². The van der Waals surface area contributed by atoms with E-state index in [2.05, 4.69) is 11.4 Å². The molecule has 112 valence electrons. The number of nitrogens with zero attached hydrogens (tertiary/aromatic N) is 1. The quantitative estimate of drug-likeness (QED) is 0.841. The minimum Gasteiger partial charge on any atom is -0.341 e. The van der Waals surface area contributed by atoms with Gasteiger partial charge in [0.2, 0.25) is 0 Å². The van der Waals surface area contributed by atoms with Crippen LogP contribution in [0.4, 0.5) is 4.79 Å². The third-order valence-electron chi connectivity index (χ3n) is 4.03. The van der Waals surface area contributed by atoms with Crippen LogP contribution < -0.4 is 5.32 Å². The van der Waals surface area contributed by atoms with Gasteiger partial charge in [-0.3, -0.25) is 0 Å². The lowest BCUT2D eigenvalue weighted by Gasteiger charge is -2.38. The highest BCUT2D eigenvalue weighted by Gasteiger charge is 2.43. The number of hydrogen-bond donors (Lipinski definition) is 1. The highest BCUT2D eigenvalue weighted by molar-refractivity contribution is 6.30. The molecule has 3 rings (SSSR count). The van der Waals surface area contributed by atoms with Crippen LogP contribution in [0.15, 0.2) is 66.7 Å². The van der Waals surface area contributed by atoms with Gasteiger partial charge in [0.1, 0.15) is 5.54 Å². The zero-order chi connectivity index (χ0) is 15.6. The van der Waals surface area contributed by atoms with Crippen molar-refractivity contribution in [1.82, 2.24) is 10.2 Å². The van der Waals surface area contributed by atoms with Crippen molar-refractivity contribution in [1.29, 1.82) is 0 Å². The molecule has 1 aliphatic rings. The van der Waals surface area contributed by atoms with E-state index >= 15 is 0 Å². The molecule has 1 heterocycles. The fourth-order valence-electron chi connectivity index (χ4n) is 3.01. The largest absolute Gasteiger partial charge is 0.341 e. The lowest BCUT2D eigenvalue weighted by molar-refractivity contribution is 0.178. The maximum absolute atomic E-state index is 12.4. The molecular formula is C18H17ClN2O. The summed E-state index contributed by atoms with van der Waals surface area (Å²) in [4.78, 5) is 14.2. The van der Waals surface area contributed by atoms with Gasteiger partial charge in [0.05, 0.1) is 0 Å². The summed E-state index contributed by atoms with van der Waals surface area (Å²) >= 11 is 6.03. The van der Waals surface area contributed by atoms with Crippen LogP contribution in [0, 0.1) is 0 Å². The number of benzene rings is 2. The van der Waals surface area contributed by atoms with Gasteiger partial charge in [-0.15, -0.1) is 0 Å². The number of halogens is 1. The summed E-state index contributed by atoms with van der Waals surface area (Å²) in [5, 5.41) is 3.41. The first-order valence-corrected chi connectivity index (χ1v) is 7.55. The van der Waals surface area contributed by atoms with Crippen LogP contribution in [0.5, 0.6) is 0 Å². The first kappa shape index (κ1) is 14.7. The Bertz CT molecular complexity index is 697. The Morgan fingerprint density at radius 3 is 2.36 bits per heavy atom. The molecule has 1 N–H and O–H groups in total. The van der Waals surface area contributed by atoms with E-state index in [9.17, 15) is 4.79 Å². The van der Waals surface area contributed by atoms with E-state index in [0.717, 1.165) is 11.1 Å². The van der Waals surface area contributed by atoms with Crippen LogP contribution in [0.25, 0.3) is 0 Å². The van der Waals surface area contributed by atoms with Crippen LogP contribution in [0.3, 0.4) is 0 Å². The van der Waals surface area contributed by atoms with Crippen molar-refractivity contribution in [3.8, 4) is 0 Å². The molecule has 1 aliphatic heterocycles. The van der Waals surface area contributed by atoms with Crippen LogP contribution in [-0.2, 0) is 5.54 Å². The molecule has 3 nitrogen and oxygen atoms in total. The minimum absolute atomic E-state index is 0.108. The standard InChI is InChI=1S/C18H17ClN2O/c1-20-17(22)21-13-5-12-18(21,14-6-3-2-4-7-14)15-8-10-16(19)11-9-15/h2-12H,13H2,1H3,(H,20,22). The SMILES string of the molecule is CNC(=O)N1CC=CC1(c1ccccc1)c1ccc(Cl)cc1. The molecule has 1 unspecified atom stereocenters. The van der Waals surface area contributed by atoms with E-state index in [1.54, 1.807) is 7.05 Å². The van der Waals surface area contributed by atoms with Crippen LogP contribution in [0.1, 0.15) is 11.1 Å². The van der Waals surface area contributed by atoms with Gasteiger partial charge < -0.3 is 10.2 Å². The van der Waals surface area contributed by atoms with Crippen molar-refractivity contribution in [2.75, 3.05) is 13.6 Å². The van der Waals surface area contributed by atoms with Gasteiger partial charge in [-0.1, -0.05) is 66.2 Å². The zero-order valence-corrected chi connectivity index (χ0v) is 13.0. The lowest BCUT2D eigenvalue weighted by atomic mass is 9.82. The predicted molar refractivity (Wildman–Crippen MR) is 89.0 cm³/mol. The summed E-state index contributed by atoms with van der Waals surface area (Å²) in [6.45, 7) is 0.567. The topological polar surface area (TPSA) is 32.3 Å². The Labute approximate surface area is 135 Å². The number of nitrogens with one attached hydrogen (secondary N) is 1. The zero-order valence-electron chi connectivity index (χ0n) is 12.3. The molecular weight excluding hydrogens is 296 g/mol. The molecule has 0 spiro atoms. The molecule has 2 aromatic carbocycles. The van der Waals surface area contributed by atoms with Crippen molar-refractivity contribution >= 4 is 17.6 Å². The molecule has 0 fully saturated rings. The highest BCUT2D eigenvalue weighted by Crippen LogP contribution is 2.40. The molecule has 0 aromatic heterocycles. The summed E-state index contributed by atoms with van der Waals surface area (Å²) in [6, 6.07) is 17.6. The van der Waals surface area contributed by atoms with Crippen molar-refractivity contribution in [2.24, 2.45) is 0 Å². The number of amides is 2. The number of hydrogen-bond acceptors (Lipinski definition) is 1. The maximum Gasteiger partial charge on any atom is 0.318 e. The fraction of sp³-hybridized carbons (Fsp3) is 0.167. The molecule has 0 saturated heterocycles. The molecule has 0 radical (unpaired) electrons. The summed E-state index contributed by atoms with van der Waals surface area (Å²) in [5.41, 5.74) is 1.46. The van der Waals surface area contributed by atoms with E-state index in [-0.39, 0.29) is 6.03 Å². The Morgan fingerprint density at radius 1 is 1.09 bits per heavy atom. The second-order valence-electron chi connectivity index (χ2n) is 5.21. The average Bonchev–Trinajstić information content (AvgIpc) is 3.01. The number of carbonyl (C=O) groups excluding carboxylic acids is 1. The van der Waals surface area contributed by atoms with Gasteiger partial charge >= 0.3 is 6.03 Å². The third kappa shape index (κ3) is 2.28. The van der Waals surface area contributed by atoms with E-state index in [4.69, 9.17) is 11.6 Å². The van der Waals surface area contributed by atoms with Crippen molar-refractivity contribution < 1.29 is 4.79 Å². The van der Waals surface area contributed by atoms with E-state index in [1.807, 2.05) is 65.6 Å².